The second-order valence-electron chi connectivity index (χ2n) is 9.09. The van der Waals surface area contributed by atoms with Gasteiger partial charge in [0.2, 0.25) is 10.0 Å². The van der Waals surface area contributed by atoms with E-state index in [0.29, 0.717) is 37.8 Å². The van der Waals surface area contributed by atoms with E-state index in [1.807, 2.05) is 13.0 Å². The summed E-state index contributed by atoms with van der Waals surface area (Å²) in [5, 5.41) is 3.10. The molecule has 1 aromatic carbocycles. The summed E-state index contributed by atoms with van der Waals surface area (Å²) in [5.74, 6) is 0.376. The zero-order valence-corrected chi connectivity index (χ0v) is 19.9. The maximum absolute atomic E-state index is 13.3. The molecule has 2 aliphatic heterocycles. The first kappa shape index (κ1) is 24.0. The Labute approximate surface area is 187 Å². The van der Waals surface area contributed by atoms with Gasteiger partial charge in [0.15, 0.2) is 0 Å². The van der Waals surface area contributed by atoms with Crippen LogP contribution in [-0.2, 0) is 14.8 Å². The molecule has 0 spiro atoms. The van der Waals surface area contributed by atoms with Crippen LogP contribution in [0.1, 0.15) is 63.2 Å². The Bertz CT molecular complexity index is 844. The number of sulfonamides is 1. The summed E-state index contributed by atoms with van der Waals surface area (Å²) in [6.07, 6.45) is 5.28. The van der Waals surface area contributed by atoms with E-state index in [-0.39, 0.29) is 16.8 Å². The Morgan fingerprint density at radius 1 is 1.03 bits per heavy atom. The average Bonchev–Trinajstić information content (AvgIpc) is 2.78. The van der Waals surface area contributed by atoms with Gasteiger partial charge >= 0.3 is 0 Å². The number of anilines is 1. The molecule has 0 aliphatic carbocycles. The van der Waals surface area contributed by atoms with E-state index >= 15 is 0 Å². The summed E-state index contributed by atoms with van der Waals surface area (Å²) in [6.45, 7) is 9.59. The molecule has 7 nitrogen and oxygen atoms in total. The van der Waals surface area contributed by atoms with Gasteiger partial charge in [0.05, 0.1) is 23.7 Å². The van der Waals surface area contributed by atoms with Gasteiger partial charge in [-0.1, -0.05) is 13.8 Å². The van der Waals surface area contributed by atoms with Crippen molar-refractivity contribution in [1.82, 2.24) is 9.62 Å². The Kier molecular flexibility index (Phi) is 8.36. The van der Waals surface area contributed by atoms with Crippen molar-refractivity contribution < 1.29 is 17.9 Å². The van der Waals surface area contributed by atoms with Gasteiger partial charge in [-0.25, -0.2) is 8.42 Å². The summed E-state index contributed by atoms with van der Waals surface area (Å²) in [5.41, 5.74) is 1.28. The number of hydrogen-bond acceptors (Lipinski definition) is 5. The number of rotatable bonds is 8. The molecule has 0 bridgehead atoms. The fourth-order valence-corrected chi connectivity index (χ4v) is 5.60. The summed E-state index contributed by atoms with van der Waals surface area (Å²) >= 11 is 0. The molecule has 1 aromatic rings. The third-order valence-electron chi connectivity index (χ3n) is 6.07. The van der Waals surface area contributed by atoms with E-state index in [9.17, 15) is 13.2 Å². The SMILES string of the molecule is CC(C)CCC(C)NC(=O)c1cc(S(=O)(=O)N2CCOCC2)ccc1N1CCCCC1. The number of morpholine rings is 1. The van der Waals surface area contributed by atoms with Crippen molar-refractivity contribution in [3.05, 3.63) is 23.8 Å². The summed E-state index contributed by atoms with van der Waals surface area (Å²) in [6, 6.07) is 5.06. The fourth-order valence-electron chi connectivity index (χ4n) is 4.16. The van der Waals surface area contributed by atoms with Crippen molar-refractivity contribution in [1.29, 1.82) is 0 Å². The number of benzene rings is 1. The number of carbonyl (C=O) groups excluding carboxylic acids is 1. The molecule has 0 saturated carbocycles. The molecule has 0 radical (unpaired) electrons. The number of amides is 1. The number of ether oxygens (including phenoxy) is 1. The minimum absolute atomic E-state index is 0.0311. The molecule has 8 heteroatoms. The molecule has 2 aliphatic rings. The molecular formula is C23H37N3O4S. The van der Waals surface area contributed by atoms with E-state index in [1.165, 1.54) is 10.7 Å². The van der Waals surface area contributed by atoms with Crippen LogP contribution in [-0.4, -0.2) is 64.1 Å². The van der Waals surface area contributed by atoms with Crippen molar-refractivity contribution in [3.63, 3.8) is 0 Å². The third kappa shape index (κ3) is 6.20. The lowest BCUT2D eigenvalue weighted by Crippen LogP contribution is -2.41. The number of nitrogens with zero attached hydrogens (tertiary/aromatic N) is 2. The van der Waals surface area contributed by atoms with Gasteiger partial charge in [0.25, 0.3) is 5.91 Å². The highest BCUT2D eigenvalue weighted by Gasteiger charge is 2.29. The van der Waals surface area contributed by atoms with Crippen LogP contribution in [0.15, 0.2) is 23.1 Å². The minimum atomic E-state index is -3.66. The van der Waals surface area contributed by atoms with Crippen molar-refractivity contribution in [2.24, 2.45) is 5.92 Å². The van der Waals surface area contributed by atoms with E-state index in [4.69, 9.17) is 4.74 Å². The molecule has 174 valence electrons. The number of piperidine rings is 1. The zero-order chi connectivity index (χ0) is 22.4. The van der Waals surface area contributed by atoms with Gasteiger partial charge in [-0.3, -0.25) is 4.79 Å². The Morgan fingerprint density at radius 2 is 1.71 bits per heavy atom. The number of carbonyl (C=O) groups is 1. The summed E-state index contributed by atoms with van der Waals surface area (Å²) in [4.78, 5) is 15.6. The zero-order valence-electron chi connectivity index (χ0n) is 19.1. The van der Waals surface area contributed by atoms with E-state index in [1.54, 1.807) is 12.1 Å². The molecule has 2 fully saturated rings. The van der Waals surface area contributed by atoms with E-state index < -0.39 is 10.0 Å². The Hall–Kier alpha value is -1.64. The van der Waals surface area contributed by atoms with Crippen LogP contribution in [0.25, 0.3) is 0 Å². The smallest absolute Gasteiger partial charge is 0.253 e. The van der Waals surface area contributed by atoms with Gasteiger partial charge in [-0.2, -0.15) is 4.31 Å². The van der Waals surface area contributed by atoms with Crippen molar-refractivity contribution in [2.45, 2.75) is 63.8 Å². The molecule has 31 heavy (non-hydrogen) atoms. The molecule has 1 atom stereocenters. The average molecular weight is 452 g/mol. The molecule has 2 heterocycles. The predicted octanol–water partition coefficient (Wildman–Crippen LogP) is 3.25. The second-order valence-corrected chi connectivity index (χ2v) is 11.0. The van der Waals surface area contributed by atoms with Crippen LogP contribution in [0.4, 0.5) is 5.69 Å². The van der Waals surface area contributed by atoms with Crippen molar-refractivity contribution >= 4 is 21.6 Å². The quantitative estimate of drug-likeness (QED) is 0.656. The molecule has 1 amide bonds. The lowest BCUT2D eigenvalue weighted by Gasteiger charge is -2.31. The van der Waals surface area contributed by atoms with Crippen LogP contribution in [0.5, 0.6) is 0 Å². The first-order valence-electron chi connectivity index (χ1n) is 11.6. The molecule has 2 saturated heterocycles. The topological polar surface area (TPSA) is 79.0 Å². The summed E-state index contributed by atoms with van der Waals surface area (Å²) in [7, 11) is -3.66. The third-order valence-corrected chi connectivity index (χ3v) is 7.97. The normalized spacial score (nSPS) is 19.4. The molecule has 1 N–H and O–H groups in total. The monoisotopic (exact) mass is 451 g/mol. The fraction of sp³-hybridized carbons (Fsp3) is 0.696. The second kappa shape index (κ2) is 10.8. The highest BCUT2D eigenvalue weighted by atomic mass is 32.2. The van der Waals surface area contributed by atoms with Gasteiger partial charge in [0, 0.05) is 37.9 Å². The van der Waals surface area contributed by atoms with Crippen molar-refractivity contribution in [3.8, 4) is 0 Å². The first-order chi connectivity index (χ1) is 14.8. The largest absolute Gasteiger partial charge is 0.379 e. The minimum Gasteiger partial charge on any atom is -0.379 e. The highest BCUT2D eigenvalue weighted by molar-refractivity contribution is 7.89. The first-order valence-corrected chi connectivity index (χ1v) is 13.0. The van der Waals surface area contributed by atoms with Crippen LogP contribution in [0.3, 0.4) is 0 Å². The molecular weight excluding hydrogens is 414 g/mol. The maximum Gasteiger partial charge on any atom is 0.253 e. The molecule has 1 unspecified atom stereocenters. The Morgan fingerprint density at radius 3 is 2.35 bits per heavy atom. The standard InChI is InChI=1S/C23H37N3O4S/c1-18(2)7-8-19(3)24-23(27)21-17-20(31(28,29)26-13-15-30-16-14-26)9-10-22(21)25-11-5-4-6-12-25/h9-10,17-19H,4-8,11-16H2,1-3H3,(H,24,27). The Balaban J connectivity index is 1.89. The number of hydrogen-bond donors (Lipinski definition) is 1. The van der Waals surface area contributed by atoms with Gasteiger partial charge in [-0.05, 0) is 63.1 Å². The lowest BCUT2D eigenvalue weighted by atomic mass is 10.0. The number of nitrogens with one attached hydrogen (secondary N) is 1. The maximum atomic E-state index is 13.3. The van der Waals surface area contributed by atoms with Gasteiger partial charge in [-0.15, -0.1) is 0 Å². The highest BCUT2D eigenvalue weighted by Crippen LogP contribution is 2.29. The van der Waals surface area contributed by atoms with Crippen molar-refractivity contribution in [2.75, 3.05) is 44.3 Å². The van der Waals surface area contributed by atoms with E-state index in [0.717, 1.165) is 44.5 Å². The molecule has 3 rings (SSSR count). The lowest BCUT2D eigenvalue weighted by molar-refractivity contribution is 0.0730. The van der Waals surface area contributed by atoms with Crippen LogP contribution in [0, 0.1) is 5.92 Å². The molecule has 0 aromatic heterocycles. The van der Waals surface area contributed by atoms with Crippen LogP contribution < -0.4 is 10.2 Å². The van der Waals surface area contributed by atoms with Gasteiger partial charge in [0.1, 0.15) is 0 Å². The van der Waals surface area contributed by atoms with Crippen LogP contribution in [0.2, 0.25) is 0 Å². The van der Waals surface area contributed by atoms with E-state index in [2.05, 4.69) is 24.1 Å². The van der Waals surface area contributed by atoms with Gasteiger partial charge < -0.3 is 15.0 Å². The van der Waals surface area contributed by atoms with Crippen LogP contribution >= 0.6 is 0 Å². The predicted molar refractivity (Wildman–Crippen MR) is 123 cm³/mol. The summed E-state index contributed by atoms with van der Waals surface area (Å²) < 4.78 is 33.1.